The Hall–Kier alpha value is -1.53. The van der Waals surface area contributed by atoms with Gasteiger partial charge in [-0.15, -0.1) is 0 Å². The molecule has 3 aliphatic heterocycles. The van der Waals surface area contributed by atoms with Crippen molar-refractivity contribution >= 4 is 38.6 Å². The predicted octanol–water partition coefficient (Wildman–Crippen LogP) is 0.0714. The molecule has 2 bridgehead atoms. The van der Waals surface area contributed by atoms with E-state index in [0.29, 0.717) is 32.0 Å². The van der Waals surface area contributed by atoms with Crippen LogP contribution in [0.25, 0.3) is 11.2 Å². The SMILES string of the molecule is Cn1c(CN2C[C@@H]3CC2CN3S(C)(=O)=O)nc2c(N3CCOCC3)nc(Cl)nc21. The molecule has 0 aliphatic carbocycles. The second-order valence-corrected chi connectivity index (χ2v) is 10.3. The summed E-state index contributed by atoms with van der Waals surface area (Å²) in [4.78, 5) is 18.2. The number of sulfonamides is 1. The van der Waals surface area contributed by atoms with Crippen LogP contribution in [0.5, 0.6) is 0 Å². The number of hydrogen-bond donors (Lipinski definition) is 0. The molecule has 2 aromatic heterocycles. The Bertz CT molecular complexity index is 1050. The maximum Gasteiger partial charge on any atom is 0.226 e. The Morgan fingerprint density at radius 2 is 1.90 bits per heavy atom. The number of aromatic nitrogens is 4. The number of aryl methyl sites for hydroxylation is 1. The topological polar surface area (TPSA) is 96.7 Å². The van der Waals surface area contributed by atoms with E-state index >= 15 is 0 Å². The molecule has 3 aliphatic rings. The summed E-state index contributed by atoms with van der Waals surface area (Å²) in [7, 11) is -1.21. The fourth-order valence-corrected chi connectivity index (χ4v) is 5.99. The van der Waals surface area contributed by atoms with Gasteiger partial charge in [-0.3, -0.25) is 4.90 Å². The summed E-state index contributed by atoms with van der Waals surface area (Å²) in [5.41, 5.74) is 1.46. The molecule has 158 valence electrons. The molecule has 3 fully saturated rings. The van der Waals surface area contributed by atoms with Crippen molar-refractivity contribution < 1.29 is 13.2 Å². The quantitative estimate of drug-likeness (QED) is 0.615. The largest absolute Gasteiger partial charge is 0.378 e. The van der Waals surface area contributed by atoms with Crippen LogP contribution in [0, 0.1) is 0 Å². The Balaban J connectivity index is 1.43. The van der Waals surface area contributed by atoms with Crippen LogP contribution in [0.15, 0.2) is 0 Å². The molecule has 0 amide bonds. The summed E-state index contributed by atoms with van der Waals surface area (Å²) < 4.78 is 32.9. The van der Waals surface area contributed by atoms with Crippen LogP contribution in [0.4, 0.5) is 5.82 Å². The molecule has 5 rings (SSSR count). The molecule has 5 heterocycles. The zero-order chi connectivity index (χ0) is 20.3. The maximum absolute atomic E-state index is 11.9. The minimum atomic E-state index is -3.14. The van der Waals surface area contributed by atoms with Crippen LogP contribution in [-0.2, 0) is 28.4 Å². The number of piperazine rings is 1. The minimum absolute atomic E-state index is 0.0582. The highest BCUT2D eigenvalue weighted by atomic mass is 35.5. The molecule has 12 heteroatoms. The van der Waals surface area contributed by atoms with E-state index in [0.717, 1.165) is 43.2 Å². The second kappa shape index (κ2) is 7.02. The fourth-order valence-electron chi connectivity index (χ4n) is 4.70. The minimum Gasteiger partial charge on any atom is -0.378 e. The van der Waals surface area contributed by atoms with E-state index in [4.69, 9.17) is 21.3 Å². The van der Waals surface area contributed by atoms with Gasteiger partial charge in [-0.2, -0.15) is 14.3 Å². The fraction of sp³-hybridized carbons (Fsp3) is 0.706. The molecular formula is C17H24ClN7O3S. The normalized spacial score (nSPS) is 26.1. The number of halogens is 1. The van der Waals surface area contributed by atoms with Gasteiger partial charge < -0.3 is 14.2 Å². The average Bonchev–Trinajstić information content (AvgIpc) is 3.36. The highest BCUT2D eigenvalue weighted by molar-refractivity contribution is 7.88. The maximum atomic E-state index is 11.9. The van der Waals surface area contributed by atoms with Gasteiger partial charge in [-0.25, -0.2) is 13.4 Å². The van der Waals surface area contributed by atoms with Gasteiger partial charge in [0, 0.05) is 45.3 Å². The van der Waals surface area contributed by atoms with E-state index in [1.54, 1.807) is 4.31 Å². The van der Waals surface area contributed by atoms with E-state index < -0.39 is 10.0 Å². The van der Waals surface area contributed by atoms with Gasteiger partial charge in [0.1, 0.15) is 5.82 Å². The van der Waals surface area contributed by atoms with Crippen molar-refractivity contribution in [1.82, 2.24) is 28.7 Å². The van der Waals surface area contributed by atoms with E-state index in [1.807, 2.05) is 11.6 Å². The van der Waals surface area contributed by atoms with Crippen LogP contribution >= 0.6 is 11.6 Å². The Morgan fingerprint density at radius 1 is 1.14 bits per heavy atom. The summed E-state index contributed by atoms with van der Waals surface area (Å²) in [6.45, 7) is 4.71. The monoisotopic (exact) mass is 441 g/mol. The predicted molar refractivity (Wildman–Crippen MR) is 108 cm³/mol. The van der Waals surface area contributed by atoms with Crippen molar-refractivity contribution in [3.05, 3.63) is 11.1 Å². The summed E-state index contributed by atoms with van der Waals surface area (Å²) >= 11 is 6.21. The molecule has 0 radical (unpaired) electrons. The van der Waals surface area contributed by atoms with Crippen LogP contribution in [0.2, 0.25) is 5.28 Å². The Labute approximate surface area is 174 Å². The third kappa shape index (κ3) is 3.38. The lowest BCUT2D eigenvalue weighted by Crippen LogP contribution is -2.48. The lowest BCUT2D eigenvalue weighted by Gasteiger charge is -2.32. The average molecular weight is 442 g/mol. The number of hydrogen-bond acceptors (Lipinski definition) is 8. The van der Waals surface area contributed by atoms with Crippen molar-refractivity contribution in [3.63, 3.8) is 0 Å². The first kappa shape index (κ1) is 19.4. The smallest absolute Gasteiger partial charge is 0.226 e. The van der Waals surface area contributed by atoms with Gasteiger partial charge in [0.05, 0.1) is 26.0 Å². The zero-order valence-electron chi connectivity index (χ0n) is 16.5. The van der Waals surface area contributed by atoms with Crippen molar-refractivity contribution in [2.75, 3.05) is 50.5 Å². The number of imidazole rings is 1. The third-order valence-electron chi connectivity index (χ3n) is 6.15. The molecule has 3 saturated heterocycles. The number of fused-ring (bicyclic) bond motifs is 3. The van der Waals surface area contributed by atoms with Gasteiger partial charge in [0.25, 0.3) is 0 Å². The zero-order valence-corrected chi connectivity index (χ0v) is 18.0. The lowest BCUT2D eigenvalue weighted by atomic mass is 10.2. The van der Waals surface area contributed by atoms with Gasteiger partial charge >= 0.3 is 0 Å². The van der Waals surface area contributed by atoms with Gasteiger partial charge in [-0.1, -0.05) is 0 Å². The molecule has 0 N–H and O–H groups in total. The summed E-state index contributed by atoms with van der Waals surface area (Å²) in [6, 6.07) is 0.283. The van der Waals surface area contributed by atoms with Crippen molar-refractivity contribution in [1.29, 1.82) is 0 Å². The second-order valence-electron chi connectivity index (χ2n) is 7.98. The molecule has 0 saturated carbocycles. The molecule has 2 aromatic rings. The van der Waals surface area contributed by atoms with Crippen LogP contribution < -0.4 is 4.90 Å². The Morgan fingerprint density at radius 3 is 2.55 bits per heavy atom. The van der Waals surface area contributed by atoms with Gasteiger partial charge in [0.2, 0.25) is 15.3 Å². The molecule has 0 aromatic carbocycles. The van der Waals surface area contributed by atoms with E-state index in [-0.39, 0.29) is 17.4 Å². The Kier molecular flexibility index (Phi) is 4.70. The molecule has 1 unspecified atom stereocenters. The lowest BCUT2D eigenvalue weighted by molar-refractivity contribution is 0.122. The van der Waals surface area contributed by atoms with E-state index in [9.17, 15) is 8.42 Å². The first-order chi connectivity index (χ1) is 13.8. The van der Waals surface area contributed by atoms with Crippen LogP contribution in [-0.4, -0.2) is 94.9 Å². The number of rotatable bonds is 4. The molecule has 10 nitrogen and oxygen atoms in total. The molecule has 29 heavy (non-hydrogen) atoms. The van der Waals surface area contributed by atoms with Crippen molar-refractivity contribution in [3.8, 4) is 0 Å². The molecule has 2 atom stereocenters. The van der Waals surface area contributed by atoms with Crippen molar-refractivity contribution in [2.24, 2.45) is 7.05 Å². The summed E-state index contributed by atoms with van der Waals surface area (Å²) in [5, 5.41) is 0.206. The first-order valence-electron chi connectivity index (χ1n) is 9.73. The summed E-state index contributed by atoms with van der Waals surface area (Å²) in [5.74, 6) is 1.63. The number of morpholine rings is 1. The van der Waals surface area contributed by atoms with Gasteiger partial charge in [-0.05, 0) is 18.0 Å². The third-order valence-corrected chi connectivity index (χ3v) is 7.62. The summed E-state index contributed by atoms with van der Waals surface area (Å²) in [6.07, 6.45) is 2.17. The standard InChI is InChI=1S/C17H24ClN7O3S/c1-22-13(10-24-8-12-7-11(24)9-25(12)29(2,26)27)19-14-15(22)20-17(18)21-16(14)23-3-5-28-6-4-23/h11-12H,3-10H2,1-2H3/t11?,12-/m0/s1. The van der Waals surface area contributed by atoms with E-state index in [2.05, 4.69) is 19.8 Å². The number of likely N-dealkylation sites (tertiary alicyclic amines) is 1. The van der Waals surface area contributed by atoms with Crippen molar-refractivity contribution in [2.45, 2.75) is 25.0 Å². The molecule has 0 spiro atoms. The number of ether oxygens (including phenoxy) is 1. The van der Waals surface area contributed by atoms with Crippen LogP contribution in [0.1, 0.15) is 12.2 Å². The van der Waals surface area contributed by atoms with E-state index in [1.165, 1.54) is 6.26 Å². The number of nitrogens with zero attached hydrogens (tertiary/aromatic N) is 7. The van der Waals surface area contributed by atoms with Crippen LogP contribution in [0.3, 0.4) is 0 Å². The first-order valence-corrected chi connectivity index (χ1v) is 12.0. The number of anilines is 1. The van der Waals surface area contributed by atoms with Gasteiger partial charge in [0.15, 0.2) is 17.0 Å². The molecular weight excluding hydrogens is 418 g/mol. The highest BCUT2D eigenvalue weighted by Crippen LogP contribution is 2.34. The highest BCUT2D eigenvalue weighted by Gasteiger charge is 2.46.